The summed E-state index contributed by atoms with van der Waals surface area (Å²) < 4.78 is 57.9. The van der Waals surface area contributed by atoms with Crippen LogP contribution in [0.1, 0.15) is 38.4 Å². The van der Waals surface area contributed by atoms with Gasteiger partial charge in [0.1, 0.15) is 17.1 Å². The van der Waals surface area contributed by atoms with E-state index in [1.807, 2.05) is 0 Å². The number of aromatic nitrogens is 1. The number of benzene rings is 1. The van der Waals surface area contributed by atoms with Crippen LogP contribution in [0.2, 0.25) is 5.02 Å². The van der Waals surface area contributed by atoms with E-state index >= 15 is 0 Å². The fourth-order valence-electron chi connectivity index (χ4n) is 3.17. The van der Waals surface area contributed by atoms with Gasteiger partial charge in [-0.05, 0) is 38.8 Å². The van der Waals surface area contributed by atoms with Gasteiger partial charge < -0.3 is 15.4 Å². The van der Waals surface area contributed by atoms with Crippen LogP contribution in [0.3, 0.4) is 0 Å². The smallest absolute Gasteiger partial charge is 0.471 e. The molecule has 11 heteroatoms. The summed E-state index contributed by atoms with van der Waals surface area (Å²) in [5.41, 5.74) is -0.836. The molecule has 1 aliphatic carbocycles. The van der Waals surface area contributed by atoms with Crippen LogP contribution in [0, 0.1) is 5.82 Å². The van der Waals surface area contributed by atoms with Gasteiger partial charge in [-0.1, -0.05) is 23.7 Å². The van der Waals surface area contributed by atoms with Crippen molar-refractivity contribution < 1.29 is 31.9 Å². The predicted molar refractivity (Wildman–Crippen MR) is 109 cm³/mol. The predicted octanol–water partition coefficient (Wildman–Crippen LogP) is 4.33. The average Bonchev–Trinajstić information content (AvgIpc) is 3.49. The largest absolute Gasteiger partial charge is 0.492 e. The molecule has 0 saturated heterocycles. The number of alkyl halides is 3. The minimum atomic E-state index is -5.11. The van der Waals surface area contributed by atoms with Gasteiger partial charge in [0.2, 0.25) is 5.91 Å². The molecule has 0 aliphatic heterocycles. The van der Waals surface area contributed by atoms with E-state index in [-0.39, 0.29) is 18.5 Å². The van der Waals surface area contributed by atoms with E-state index in [0.717, 1.165) is 0 Å². The SMILES string of the molecule is CCOc1c(Cl)cccc1-c1cnc([C@@H](C)NC(=O)C2(NC(=O)C(F)(F)F)CC2)c(F)c1. The first kappa shape index (κ1) is 23.8. The Morgan fingerprint density at radius 2 is 2.00 bits per heavy atom. The van der Waals surface area contributed by atoms with Crippen molar-refractivity contribution in [3.05, 3.63) is 47.0 Å². The Bertz CT molecular complexity index is 1040. The molecular formula is C21H20ClF4N3O3. The Morgan fingerprint density at radius 1 is 1.31 bits per heavy atom. The van der Waals surface area contributed by atoms with Crippen molar-refractivity contribution in [2.45, 2.75) is 44.4 Å². The molecule has 2 N–H and O–H groups in total. The van der Waals surface area contributed by atoms with Crippen molar-refractivity contribution in [1.29, 1.82) is 0 Å². The second kappa shape index (κ2) is 8.93. The number of ether oxygens (including phenoxy) is 1. The molecule has 1 atom stereocenters. The van der Waals surface area contributed by atoms with E-state index in [0.29, 0.717) is 28.5 Å². The number of hydrogen-bond acceptors (Lipinski definition) is 4. The molecule has 3 rings (SSSR count). The first-order valence-corrected chi connectivity index (χ1v) is 10.1. The van der Waals surface area contributed by atoms with Gasteiger partial charge in [-0.2, -0.15) is 13.2 Å². The lowest BCUT2D eigenvalue weighted by molar-refractivity contribution is -0.175. The fourth-order valence-corrected chi connectivity index (χ4v) is 3.40. The number of para-hydroxylation sites is 1. The van der Waals surface area contributed by atoms with Crippen molar-refractivity contribution in [3.8, 4) is 16.9 Å². The highest BCUT2D eigenvalue weighted by molar-refractivity contribution is 6.32. The molecule has 0 bridgehead atoms. The van der Waals surface area contributed by atoms with Crippen molar-refractivity contribution in [1.82, 2.24) is 15.6 Å². The molecule has 1 aromatic heterocycles. The molecule has 1 aromatic carbocycles. The number of nitrogens with one attached hydrogen (secondary N) is 2. The van der Waals surface area contributed by atoms with Gasteiger partial charge >= 0.3 is 12.1 Å². The summed E-state index contributed by atoms with van der Waals surface area (Å²) in [5.74, 6) is -3.38. The molecule has 2 aromatic rings. The summed E-state index contributed by atoms with van der Waals surface area (Å²) in [5, 5.41) is 4.50. The highest BCUT2D eigenvalue weighted by Crippen LogP contribution is 2.38. The Kier molecular flexibility index (Phi) is 6.64. The number of nitrogens with zero attached hydrogens (tertiary/aromatic N) is 1. The number of rotatable bonds is 7. The van der Waals surface area contributed by atoms with Crippen LogP contribution in [0.15, 0.2) is 30.5 Å². The lowest BCUT2D eigenvalue weighted by Gasteiger charge is -2.21. The third kappa shape index (κ3) is 4.95. The van der Waals surface area contributed by atoms with Gasteiger partial charge in [0.15, 0.2) is 0 Å². The van der Waals surface area contributed by atoms with Crippen LogP contribution < -0.4 is 15.4 Å². The molecule has 1 saturated carbocycles. The van der Waals surface area contributed by atoms with Crippen molar-refractivity contribution in [2.75, 3.05) is 6.61 Å². The highest BCUT2D eigenvalue weighted by Gasteiger charge is 2.55. The third-order valence-electron chi connectivity index (χ3n) is 4.99. The molecule has 1 fully saturated rings. The number of carbonyl (C=O) groups is 2. The second-order valence-electron chi connectivity index (χ2n) is 7.37. The second-order valence-corrected chi connectivity index (χ2v) is 7.78. The first-order chi connectivity index (χ1) is 15.0. The minimum Gasteiger partial charge on any atom is -0.492 e. The van der Waals surface area contributed by atoms with E-state index in [2.05, 4.69) is 10.3 Å². The lowest BCUT2D eigenvalue weighted by atomic mass is 10.0. The van der Waals surface area contributed by atoms with Gasteiger partial charge in [-0.3, -0.25) is 14.6 Å². The van der Waals surface area contributed by atoms with E-state index in [9.17, 15) is 27.2 Å². The number of hydrogen-bond donors (Lipinski definition) is 2. The lowest BCUT2D eigenvalue weighted by Crippen LogP contribution is -2.53. The number of amides is 2. The highest BCUT2D eigenvalue weighted by atomic mass is 35.5. The molecule has 2 amide bonds. The molecule has 0 unspecified atom stereocenters. The number of pyridine rings is 1. The van der Waals surface area contributed by atoms with Crippen molar-refractivity contribution in [3.63, 3.8) is 0 Å². The summed E-state index contributed by atoms with van der Waals surface area (Å²) in [6, 6.07) is 5.26. The van der Waals surface area contributed by atoms with Crippen LogP contribution in [0.4, 0.5) is 17.6 Å². The van der Waals surface area contributed by atoms with Crippen LogP contribution in [-0.4, -0.2) is 35.1 Å². The summed E-state index contributed by atoms with van der Waals surface area (Å²) >= 11 is 6.16. The van der Waals surface area contributed by atoms with Gasteiger partial charge in [-0.25, -0.2) is 4.39 Å². The van der Waals surface area contributed by atoms with Crippen LogP contribution in [0.25, 0.3) is 11.1 Å². The van der Waals surface area contributed by atoms with Gasteiger partial charge in [0.25, 0.3) is 0 Å². The van der Waals surface area contributed by atoms with E-state index in [1.165, 1.54) is 19.2 Å². The maximum atomic E-state index is 14.8. The van der Waals surface area contributed by atoms with Crippen LogP contribution >= 0.6 is 11.6 Å². The molecule has 6 nitrogen and oxygen atoms in total. The number of carbonyl (C=O) groups excluding carboxylic acids is 2. The van der Waals surface area contributed by atoms with Crippen LogP contribution in [-0.2, 0) is 9.59 Å². The van der Waals surface area contributed by atoms with Crippen molar-refractivity contribution in [2.24, 2.45) is 0 Å². The third-order valence-corrected chi connectivity index (χ3v) is 5.29. The van der Waals surface area contributed by atoms with Gasteiger partial charge in [-0.15, -0.1) is 0 Å². The minimum absolute atomic E-state index is 0.0528. The molecular weight excluding hydrogens is 454 g/mol. The maximum absolute atomic E-state index is 14.8. The maximum Gasteiger partial charge on any atom is 0.471 e. The fraction of sp³-hybridized carbons (Fsp3) is 0.381. The molecule has 172 valence electrons. The van der Waals surface area contributed by atoms with Gasteiger partial charge in [0, 0.05) is 17.3 Å². The quantitative estimate of drug-likeness (QED) is 0.587. The summed E-state index contributed by atoms with van der Waals surface area (Å²) in [7, 11) is 0. The van der Waals surface area contributed by atoms with Gasteiger partial charge in [0.05, 0.1) is 23.4 Å². The summed E-state index contributed by atoms with van der Waals surface area (Å²) in [4.78, 5) is 27.7. The zero-order valence-electron chi connectivity index (χ0n) is 17.1. The summed E-state index contributed by atoms with van der Waals surface area (Å²) in [6.07, 6.45) is -3.62. The first-order valence-electron chi connectivity index (χ1n) is 9.76. The summed E-state index contributed by atoms with van der Waals surface area (Å²) in [6.45, 7) is 3.57. The monoisotopic (exact) mass is 473 g/mol. The topological polar surface area (TPSA) is 80.3 Å². The Hall–Kier alpha value is -2.88. The van der Waals surface area contributed by atoms with E-state index < -0.39 is 35.4 Å². The Morgan fingerprint density at radius 3 is 2.56 bits per heavy atom. The normalized spacial score (nSPS) is 15.6. The Balaban J connectivity index is 1.77. The van der Waals surface area contributed by atoms with E-state index in [1.54, 1.807) is 30.4 Å². The zero-order chi connectivity index (χ0) is 23.7. The van der Waals surface area contributed by atoms with E-state index in [4.69, 9.17) is 16.3 Å². The van der Waals surface area contributed by atoms with Crippen LogP contribution in [0.5, 0.6) is 5.75 Å². The van der Waals surface area contributed by atoms with Crippen molar-refractivity contribution >= 4 is 23.4 Å². The molecule has 0 spiro atoms. The molecule has 1 heterocycles. The Labute approximate surface area is 186 Å². The standard InChI is InChI=1S/C21H20ClF4N3O3/c1-3-32-17-13(5-4-6-14(17)22)12-9-15(23)16(27-10-12)11(2)28-18(30)20(7-8-20)29-19(31)21(24,25)26/h4-6,9-11H,3,7-8H2,1-2H3,(H,28,30)(H,29,31)/t11-/m1/s1. The number of halogens is 5. The molecule has 32 heavy (non-hydrogen) atoms. The average molecular weight is 474 g/mol. The molecule has 1 aliphatic rings. The zero-order valence-corrected chi connectivity index (χ0v) is 17.9. The molecule has 0 radical (unpaired) electrons.